The molecule has 1 atom stereocenters. The average molecular weight is 306 g/mol. The van der Waals surface area contributed by atoms with Crippen LogP contribution in [0.25, 0.3) is 0 Å². The van der Waals surface area contributed by atoms with Gasteiger partial charge in [-0.05, 0) is 19.3 Å². The number of nitrogens with one attached hydrogen (secondary N) is 1. The summed E-state index contributed by atoms with van der Waals surface area (Å²) in [6.07, 6.45) is 5.92. The highest BCUT2D eigenvalue weighted by atomic mass is 32.2. The second-order valence-corrected chi connectivity index (χ2v) is 7.23. The van der Waals surface area contributed by atoms with Crippen LogP contribution in [-0.2, 0) is 19.6 Å². The minimum atomic E-state index is -3.39. The molecule has 1 fully saturated rings. The van der Waals surface area contributed by atoms with E-state index in [9.17, 15) is 13.2 Å². The number of hydrogen-bond acceptors (Lipinski definition) is 4. The molecule has 1 rings (SSSR count). The van der Waals surface area contributed by atoms with Gasteiger partial charge in [-0.1, -0.05) is 19.8 Å². The maximum atomic E-state index is 11.8. The van der Waals surface area contributed by atoms with Crippen molar-refractivity contribution >= 4 is 15.9 Å². The summed E-state index contributed by atoms with van der Waals surface area (Å²) >= 11 is 0. The van der Waals surface area contributed by atoms with Crippen LogP contribution in [0.15, 0.2) is 0 Å². The third-order valence-electron chi connectivity index (χ3n) is 3.32. The highest BCUT2D eigenvalue weighted by molar-refractivity contribution is 7.88. The molecule has 0 bridgehead atoms. The first-order valence-corrected chi connectivity index (χ1v) is 9.11. The second-order valence-electron chi connectivity index (χ2n) is 5.25. The Labute approximate surface area is 121 Å². The van der Waals surface area contributed by atoms with Crippen molar-refractivity contribution in [3.8, 4) is 0 Å². The zero-order valence-corrected chi connectivity index (χ0v) is 13.2. The molecule has 1 amide bonds. The number of nitrogens with zero attached hydrogens (tertiary/aromatic N) is 1. The van der Waals surface area contributed by atoms with Crippen LogP contribution >= 0.6 is 0 Å². The number of sulfonamides is 1. The first kappa shape index (κ1) is 17.4. The fourth-order valence-corrected chi connectivity index (χ4v) is 2.94. The van der Waals surface area contributed by atoms with E-state index < -0.39 is 10.0 Å². The lowest BCUT2D eigenvalue weighted by atomic mass is 10.2. The Bertz CT molecular complexity index is 391. The summed E-state index contributed by atoms with van der Waals surface area (Å²) in [6.45, 7) is 3.51. The highest BCUT2D eigenvalue weighted by Crippen LogP contribution is 2.14. The topological polar surface area (TPSA) is 75.7 Å². The summed E-state index contributed by atoms with van der Waals surface area (Å²) in [4.78, 5) is 11.8. The Hall–Kier alpha value is -0.660. The van der Waals surface area contributed by atoms with Gasteiger partial charge in [-0.2, -0.15) is 4.31 Å². The van der Waals surface area contributed by atoms with E-state index in [2.05, 4.69) is 12.2 Å². The molecular weight excluding hydrogens is 280 g/mol. The molecule has 0 aliphatic carbocycles. The van der Waals surface area contributed by atoms with Gasteiger partial charge in [0, 0.05) is 19.7 Å². The van der Waals surface area contributed by atoms with E-state index in [1.54, 1.807) is 0 Å². The molecule has 1 aliphatic heterocycles. The van der Waals surface area contributed by atoms with E-state index in [4.69, 9.17) is 4.74 Å². The number of ether oxygens (including phenoxy) is 1. The predicted molar refractivity (Wildman–Crippen MR) is 77.9 cm³/mol. The van der Waals surface area contributed by atoms with Gasteiger partial charge in [-0.25, -0.2) is 8.42 Å². The summed E-state index contributed by atoms with van der Waals surface area (Å²) in [6, 6.07) is 0. The number of unbranched alkanes of at least 4 members (excludes halogenated alkanes) is 2. The van der Waals surface area contributed by atoms with Crippen LogP contribution in [0.4, 0.5) is 0 Å². The van der Waals surface area contributed by atoms with E-state index >= 15 is 0 Å². The molecule has 0 saturated carbocycles. The van der Waals surface area contributed by atoms with E-state index in [0.29, 0.717) is 13.2 Å². The second kappa shape index (κ2) is 8.59. The molecule has 118 valence electrons. The molecule has 7 heteroatoms. The van der Waals surface area contributed by atoms with Crippen LogP contribution in [0.1, 0.15) is 39.0 Å². The predicted octanol–water partition coefficient (Wildman–Crippen LogP) is 0.733. The number of amides is 1. The van der Waals surface area contributed by atoms with Crippen molar-refractivity contribution in [3.63, 3.8) is 0 Å². The van der Waals surface area contributed by atoms with Gasteiger partial charge in [0.2, 0.25) is 15.9 Å². The molecule has 0 aromatic carbocycles. The molecule has 0 aromatic rings. The number of rotatable bonds is 9. The Morgan fingerprint density at radius 3 is 2.70 bits per heavy atom. The van der Waals surface area contributed by atoms with Crippen molar-refractivity contribution in [1.82, 2.24) is 9.62 Å². The molecule has 1 N–H and O–H groups in total. The Morgan fingerprint density at radius 2 is 2.15 bits per heavy atom. The van der Waals surface area contributed by atoms with Crippen LogP contribution in [0.2, 0.25) is 0 Å². The fraction of sp³-hybridized carbons (Fsp3) is 0.923. The Morgan fingerprint density at radius 1 is 1.40 bits per heavy atom. The monoisotopic (exact) mass is 306 g/mol. The summed E-state index contributed by atoms with van der Waals surface area (Å²) in [5.74, 6) is -0.246. The molecule has 1 aliphatic rings. The van der Waals surface area contributed by atoms with Gasteiger partial charge < -0.3 is 10.1 Å². The van der Waals surface area contributed by atoms with Gasteiger partial charge in [0.05, 0.1) is 18.9 Å². The number of carbonyl (C=O) groups excluding carboxylic acids is 1. The summed E-state index contributed by atoms with van der Waals surface area (Å²) in [5.41, 5.74) is 0. The van der Waals surface area contributed by atoms with Crippen molar-refractivity contribution in [3.05, 3.63) is 0 Å². The smallest absolute Gasteiger partial charge is 0.235 e. The van der Waals surface area contributed by atoms with Crippen molar-refractivity contribution in [2.45, 2.75) is 45.1 Å². The minimum absolute atomic E-state index is 0.0855. The number of carbonyl (C=O) groups is 1. The lowest BCUT2D eigenvalue weighted by Crippen LogP contribution is -2.43. The standard InChI is InChI=1S/C13H26N2O4S/c1-3-4-5-8-14-13(16)11-15(20(2,17)18)10-12-7-6-9-19-12/h12H,3-11H2,1-2H3,(H,14,16). The first-order chi connectivity index (χ1) is 9.43. The van der Waals surface area contributed by atoms with Gasteiger partial charge in [0.25, 0.3) is 0 Å². The van der Waals surface area contributed by atoms with E-state index in [0.717, 1.165) is 38.4 Å². The van der Waals surface area contributed by atoms with E-state index in [1.165, 1.54) is 4.31 Å². The third kappa shape index (κ3) is 6.67. The van der Waals surface area contributed by atoms with Crippen LogP contribution in [0, 0.1) is 0 Å². The van der Waals surface area contributed by atoms with E-state index in [-0.39, 0.29) is 25.1 Å². The van der Waals surface area contributed by atoms with Crippen LogP contribution < -0.4 is 5.32 Å². The molecule has 0 aromatic heterocycles. The third-order valence-corrected chi connectivity index (χ3v) is 4.54. The average Bonchev–Trinajstić information content (AvgIpc) is 2.86. The maximum Gasteiger partial charge on any atom is 0.235 e. The quantitative estimate of drug-likeness (QED) is 0.637. The lowest BCUT2D eigenvalue weighted by molar-refractivity contribution is -0.121. The fourth-order valence-electron chi connectivity index (χ4n) is 2.15. The van der Waals surface area contributed by atoms with Gasteiger partial charge in [0.15, 0.2) is 0 Å². The van der Waals surface area contributed by atoms with Crippen molar-refractivity contribution in [2.24, 2.45) is 0 Å². The van der Waals surface area contributed by atoms with Gasteiger partial charge >= 0.3 is 0 Å². The van der Waals surface area contributed by atoms with Crippen molar-refractivity contribution in [1.29, 1.82) is 0 Å². The summed E-state index contributed by atoms with van der Waals surface area (Å²) in [7, 11) is -3.39. The van der Waals surface area contributed by atoms with Gasteiger partial charge in [-0.3, -0.25) is 4.79 Å². The zero-order valence-electron chi connectivity index (χ0n) is 12.4. The number of hydrogen-bond donors (Lipinski definition) is 1. The summed E-state index contributed by atoms with van der Waals surface area (Å²) < 4.78 is 30.1. The largest absolute Gasteiger partial charge is 0.377 e. The van der Waals surface area contributed by atoms with Gasteiger partial charge in [0.1, 0.15) is 0 Å². The molecule has 1 heterocycles. The highest BCUT2D eigenvalue weighted by Gasteiger charge is 2.26. The molecule has 0 radical (unpaired) electrons. The molecule has 20 heavy (non-hydrogen) atoms. The van der Waals surface area contributed by atoms with Crippen molar-refractivity contribution in [2.75, 3.05) is 32.5 Å². The van der Waals surface area contributed by atoms with Crippen LogP contribution in [-0.4, -0.2) is 57.2 Å². The normalized spacial score (nSPS) is 19.4. The molecule has 1 unspecified atom stereocenters. The zero-order chi connectivity index (χ0) is 15.0. The molecule has 1 saturated heterocycles. The maximum absolute atomic E-state index is 11.8. The molecule has 0 spiro atoms. The Kier molecular flexibility index (Phi) is 7.47. The summed E-state index contributed by atoms with van der Waals surface area (Å²) in [5, 5.41) is 2.76. The van der Waals surface area contributed by atoms with Crippen molar-refractivity contribution < 1.29 is 17.9 Å². The molecule has 6 nitrogen and oxygen atoms in total. The van der Waals surface area contributed by atoms with E-state index in [1.807, 2.05) is 0 Å². The van der Waals surface area contributed by atoms with Crippen LogP contribution in [0.5, 0.6) is 0 Å². The SMILES string of the molecule is CCCCCNC(=O)CN(CC1CCCO1)S(C)(=O)=O. The lowest BCUT2D eigenvalue weighted by Gasteiger charge is -2.22. The minimum Gasteiger partial charge on any atom is -0.377 e. The Balaban J connectivity index is 2.41. The molecular formula is C13H26N2O4S. The first-order valence-electron chi connectivity index (χ1n) is 7.27. The van der Waals surface area contributed by atoms with Crippen LogP contribution in [0.3, 0.4) is 0 Å². The van der Waals surface area contributed by atoms with Gasteiger partial charge in [-0.15, -0.1) is 0 Å².